The zero-order chi connectivity index (χ0) is 22.6. The normalized spacial score (nSPS) is 14.0. The number of nitrogens with zero attached hydrogens (tertiary/aromatic N) is 4. The molecule has 1 atom stereocenters. The molecule has 9 nitrogen and oxygen atoms in total. The fourth-order valence-electron chi connectivity index (χ4n) is 2.62. The Labute approximate surface area is 179 Å². The van der Waals surface area contributed by atoms with E-state index in [-0.39, 0.29) is 19.1 Å². The number of hydrogen-bond acceptors (Lipinski definition) is 8. The van der Waals surface area contributed by atoms with Crippen LogP contribution in [0.2, 0.25) is 0 Å². The van der Waals surface area contributed by atoms with E-state index in [0.717, 1.165) is 4.90 Å². The van der Waals surface area contributed by atoms with Crippen molar-refractivity contribution in [2.75, 3.05) is 32.0 Å². The average Bonchev–Trinajstić information content (AvgIpc) is 3.07. The summed E-state index contributed by atoms with van der Waals surface area (Å²) < 4.78 is 60.1. The second kappa shape index (κ2) is 9.43. The molecule has 0 saturated carbocycles. The van der Waals surface area contributed by atoms with Crippen molar-refractivity contribution >= 4 is 36.2 Å². The molecule has 3 rings (SSSR count). The lowest BCUT2D eigenvalue weighted by atomic mass is 10.3. The minimum absolute atomic E-state index is 0.0243. The van der Waals surface area contributed by atoms with Crippen molar-refractivity contribution in [2.45, 2.75) is 22.6 Å². The molecule has 3 N–H and O–H groups in total. The number of fused-ring (bicyclic) bond motifs is 1. The van der Waals surface area contributed by atoms with Crippen molar-refractivity contribution in [3.8, 4) is 5.75 Å². The van der Waals surface area contributed by atoms with Crippen LogP contribution in [0.3, 0.4) is 0 Å². The molecule has 31 heavy (non-hydrogen) atoms. The molecule has 1 aromatic carbocycles. The maximum atomic E-state index is 12.3. The van der Waals surface area contributed by atoms with Crippen LogP contribution in [0.25, 0.3) is 11.2 Å². The molecule has 0 fully saturated rings. The quantitative estimate of drug-likeness (QED) is 0.271. The molecule has 0 aliphatic rings. The van der Waals surface area contributed by atoms with Crippen LogP contribution in [0.15, 0.2) is 40.5 Å². The van der Waals surface area contributed by atoms with Gasteiger partial charge in [0.05, 0.1) is 20.0 Å². The number of aromatic nitrogens is 4. The van der Waals surface area contributed by atoms with E-state index in [1.165, 1.54) is 18.1 Å². The number of methoxy groups -OCH3 is 1. The van der Waals surface area contributed by atoms with Crippen LogP contribution in [0.1, 0.15) is 0 Å². The minimum atomic E-state index is -4.74. The van der Waals surface area contributed by atoms with Crippen LogP contribution in [0, 0.1) is 0 Å². The fraction of sp³-hybridized carbons (Fsp3) is 0.353. The lowest BCUT2D eigenvalue weighted by molar-refractivity contribution is -0.108. The lowest BCUT2D eigenvalue weighted by Crippen LogP contribution is -2.17. The van der Waals surface area contributed by atoms with Gasteiger partial charge in [-0.15, -0.1) is 0 Å². The number of rotatable bonds is 9. The van der Waals surface area contributed by atoms with Gasteiger partial charge in [-0.2, -0.15) is 18.2 Å². The molecule has 0 bridgehead atoms. The van der Waals surface area contributed by atoms with Gasteiger partial charge in [-0.05, 0) is 24.3 Å². The third-order valence-corrected chi connectivity index (χ3v) is 6.34. The van der Waals surface area contributed by atoms with Crippen molar-refractivity contribution < 1.29 is 32.1 Å². The third kappa shape index (κ3) is 6.57. The smallest absolute Gasteiger partial charge is 0.398 e. The van der Waals surface area contributed by atoms with Crippen LogP contribution in [0.5, 0.6) is 5.75 Å². The van der Waals surface area contributed by atoms with E-state index in [4.69, 9.17) is 15.2 Å². The maximum Gasteiger partial charge on any atom is 0.398 e. The number of nitrogen functional groups attached to an aromatic ring is 1. The zero-order valence-electron chi connectivity index (χ0n) is 16.2. The number of nitrogens with two attached hydrogens (primary N) is 1. The first kappa shape index (κ1) is 23.3. The highest BCUT2D eigenvalue weighted by molar-refractivity contribution is 7.99. The number of benzene rings is 1. The van der Waals surface area contributed by atoms with E-state index < -0.39 is 26.1 Å². The standard InChI is InChI=1S/C17H19F3N5O4PS/c1-28-11-2-4-12(5-3-11)31-15-13-14(23-16(21)24-15)25(9-22-13)6-7-29-10-30(26,27)8-17(18,19)20/h2-5,9H,6-8,10H2,1H3,(H,26,27)(H2,21,23,24). The van der Waals surface area contributed by atoms with Gasteiger partial charge in [0.2, 0.25) is 13.3 Å². The zero-order valence-corrected chi connectivity index (χ0v) is 18.0. The van der Waals surface area contributed by atoms with Gasteiger partial charge in [0.1, 0.15) is 28.8 Å². The summed E-state index contributed by atoms with van der Waals surface area (Å²) >= 11 is 1.33. The molecular formula is C17H19F3N5O4PS. The first-order valence-corrected chi connectivity index (χ1v) is 11.7. The van der Waals surface area contributed by atoms with Gasteiger partial charge in [-0.1, -0.05) is 11.8 Å². The Bertz CT molecular complexity index is 1090. The van der Waals surface area contributed by atoms with Crippen LogP contribution in [-0.2, 0) is 15.8 Å². The van der Waals surface area contributed by atoms with Crippen molar-refractivity contribution in [3.63, 3.8) is 0 Å². The highest BCUT2D eigenvalue weighted by Gasteiger charge is 2.38. The lowest BCUT2D eigenvalue weighted by Gasteiger charge is -2.14. The molecule has 0 aliphatic carbocycles. The van der Waals surface area contributed by atoms with Gasteiger partial charge < -0.3 is 24.7 Å². The highest BCUT2D eigenvalue weighted by atomic mass is 32.2. The van der Waals surface area contributed by atoms with Crippen LogP contribution < -0.4 is 10.5 Å². The minimum Gasteiger partial charge on any atom is -0.497 e. The van der Waals surface area contributed by atoms with E-state index in [1.54, 1.807) is 23.8 Å². The number of hydrogen-bond donors (Lipinski definition) is 2. The van der Waals surface area contributed by atoms with Crippen LogP contribution in [-0.4, -0.2) is 56.8 Å². The number of alkyl halides is 3. The van der Waals surface area contributed by atoms with E-state index >= 15 is 0 Å². The molecule has 168 valence electrons. The predicted octanol–water partition coefficient (Wildman–Crippen LogP) is 3.38. The number of anilines is 1. The van der Waals surface area contributed by atoms with Crippen LogP contribution >= 0.6 is 19.1 Å². The summed E-state index contributed by atoms with van der Waals surface area (Å²) in [5, 5.41) is 0.525. The van der Waals surface area contributed by atoms with Gasteiger partial charge in [0.15, 0.2) is 5.65 Å². The summed E-state index contributed by atoms with van der Waals surface area (Å²) in [4.78, 5) is 22.9. The first-order valence-electron chi connectivity index (χ1n) is 8.82. The van der Waals surface area contributed by atoms with Gasteiger partial charge in [-0.3, -0.25) is 4.57 Å². The summed E-state index contributed by atoms with van der Waals surface area (Å²) in [6, 6.07) is 7.32. The Kier molecular flexibility index (Phi) is 7.10. The number of ether oxygens (including phenoxy) is 2. The molecular weight excluding hydrogens is 458 g/mol. The van der Waals surface area contributed by atoms with Crippen molar-refractivity contribution in [2.24, 2.45) is 0 Å². The number of imidazole rings is 1. The second-order valence-electron chi connectivity index (χ2n) is 6.43. The van der Waals surface area contributed by atoms with Crippen molar-refractivity contribution in [1.82, 2.24) is 19.5 Å². The fourth-order valence-corrected chi connectivity index (χ4v) is 4.56. The van der Waals surface area contributed by atoms with Gasteiger partial charge >= 0.3 is 6.18 Å². The molecule has 2 aromatic heterocycles. The Morgan fingerprint density at radius 2 is 1.97 bits per heavy atom. The largest absolute Gasteiger partial charge is 0.497 e. The number of halogens is 3. The van der Waals surface area contributed by atoms with E-state index in [2.05, 4.69) is 15.0 Å². The van der Waals surface area contributed by atoms with E-state index in [0.29, 0.717) is 21.9 Å². The molecule has 3 aromatic rings. The summed E-state index contributed by atoms with van der Waals surface area (Å²) in [7, 11) is -2.89. The molecule has 0 amide bonds. The molecule has 0 saturated heterocycles. The van der Waals surface area contributed by atoms with Crippen LogP contribution in [0.4, 0.5) is 19.1 Å². The Balaban J connectivity index is 1.68. The maximum absolute atomic E-state index is 12.3. The summed E-state index contributed by atoms with van der Waals surface area (Å²) in [5.74, 6) is 0.736. The third-order valence-electron chi connectivity index (χ3n) is 3.92. The highest BCUT2D eigenvalue weighted by Crippen LogP contribution is 2.45. The topological polar surface area (TPSA) is 125 Å². The molecule has 0 spiro atoms. The first-order chi connectivity index (χ1) is 14.6. The molecule has 0 aliphatic heterocycles. The molecule has 2 heterocycles. The summed E-state index contributed by atoms with van der Waals surface area (Å²) in [5.41, 5.74) is 6.72. The van der Waals surface area contributed by atoms with Gasteiger partial charge in [0, 0.05) is 11.4 Å². The molecule has 0 radical (unpaired) electrons. The van der Waals surface area contributed by atoms with Crippen molar-refractivity contribution in [1.29, 1.82) is 0 Å². The molecule has 14 heteroatoms. The van der Waals surface area contributed by atoms with E-state index in [1.807, 2.05) is 12.1 Å². The second-order valence-corrected chi connectivity index (χ2v) is 9.76. The summed E-state index contributed by atoms with van der Waals surface area (Å²) in [6.07, 6.45) is -5.95. The Morgan fingerprint density at radius 1 is 1.26 bits per heavy atom. The van der Waals surface area contributed by atoms with Crippen molar-refractivity contribution in [3.05, 3.63) is 30.6 Å². The van der Waals surface area contributed by atoms with Gasteiger partial charge in [0.25, 0.3) is 0 Å². The molecule has 1 unspecified atom stereocenters. The average molecular weight is 477 g/mol. The predicted molar refractivity (Wildman–Crippen MR) is 108 cm³/mol. The summed E-state index contributed by atoms with van der Waals surface area (Å²) in [6.45, 7) is 0.0321. The monoisotopic (exact) mass is 477 g/mol. The SMILES string of the molecule is COc1ccc(Sc2nc(N)nc3c2ncn3CCOCP(=O)(O)CC(F)(F)F)cc1. The Hall–Kier alpha value is -2.34. The van der Waals surface area contributed by atoms with E-state index in [9.17, 15) is 22.6 Å². The Morgan fingerprint density at radius 3 is 2.61 bits per heavy atom. The van der Waals surface area contributed by atoms with Gasteiger partial charge in [-0.25, -0.2) is 9.97 Å².